The molecule has 2 aliphatic heterocycles. The second-order valence-electron chi connectivity index (χ2n) is 12.6. The average molecular weight is 585 g/mol. The van der Waals surface area contributed by atoms with Crippen molar-refractivity contribution < 1.29 is 23.8 Å². The van der Waals surface area contributed by atoms with E-state index >= 15 is 0 Å². The molecule has 2 N–H and O–H groups in total. The van der Waals surface area contributed by atoms with Crippen molar-refractivity contribution in [1.82, 2.24) is 25.3 Å². The SMILES string of the molecule is CC(C)C(CCCNC(=O)O)N1CC2(CCN(c3ccnnc3Oc3ccc(F)cc3C(=O)N(C(C)C)C(C)C)C2)C1. The summed E-state index contributed by atoms with van der Waals surface area (Å²) in [5, 5.41) is 19.6. The van der Waals surface area contributed by atoms with Crippen LogP contribution in [0, 0.1) is 17.2 Å². The standard InChI is InChI=1S/C31H45FN6O4/c1-20(2)25(8-7-13-33-30(40)41)37-18-31(19-37)12-15-36(17-31)26-11-14-34-35-28(26)42-27-10-9-23(32)16-24(27)29(39)38(21(3)4)22(5)6/h9-11,14,16,20-22,25,33H,7-8,12-13,15,17-19H2,1-6H3,(H,40,41). The van der Waals surface area contributed by atoms with Crippen molar-refractivity contribution in [3.8, 4) is 11.6 Å². The Bertz CT molecular complexity index is 1240. The maximum atomic E-state index is 14.3. The van der Waals surface area contributed by atoms with Gasteiger partial charge in [0.05, 0.1) is 11.8 Å². The monoisotopic (exact) mass is 584 g/mol. The fourth-order valence-corrected chi connectivity index (χ4v) is 6.59. The molecule has 0 aliphatic carbocycles. The molecule has 42 heavy (non-hydrogen) atoms. The first-order chi connectivity index (χ1) is 19.9. The molecule has 2 aromatic rings. The van der Waals surface area contributed by atoms with E-state index in [1.807, 2.05) is 33.8 Å². The number of nitrogens with one attached hydrogen (secondary N) is 1. The number of rotatable bonds is 12. The van der Waals surface area contributed by atoms with Gasteiger partial charge < -0.3 is 25.0 Å². The number of halogens is 1. The molecule has 2 amide bonds. The average Bonchev–Trinajstić information content (AvgIpc) is 3.34. The van der Waals surface area contributed by atoms with Crippen LogP contribution < -0.4 is 15.0 Å². The zero-order chi connectivity index (χ0) is 30.6. The highest BCUT2D eigenvalue weighted by Gasteiger charge is 2.50. The molecule has 2 saturated heterocycles. The van der Waals surface area contributed by atoms with E-state index in [0.29, 0.717) is 18.5 Å². The smallest absolute Gasteiger partial charge is 0.404 e. The minimum absolute atomic E-state index is 0.0692. The van der Waals surface area contributed by atoms with Gasteiger partial charge in [-0.15, -0.1) is 5.10 Å². The number of anilines is 1. The van der Waals surface area contributed by atoms with Crippen molar-refractivity contribution in [2.24, 2.45) is 11.3 Å². The van der Waals surface area contributed by atoms with Crippen LogP contribution in [0.15, 0.2) is 30.5 Å². The predicted molar refractivity (Wildman–Crippen MR) is 160 cm³/mol. The van der Waals surface area contributed by atoms with Gasteiger partial charge in [-0.05, 0) is 77.1 Å². The second-order valence-corrected chi connectivity index (χ2v) is 12.6. The molecule has 1 aromatic heterocycles. The third-order valence-electron chi connectivity index (χ3n) is 8.44. The van der Waals surface area contributed by atoms with Crippen molar-refractivity contribution in [3.63, 3.8) is 0 Å². The van der Waals surface area contributed by atoms with Gasteiger partial charge in [-0.1, -0.05) is 13.8 Å². The van der Waals surface area contributed by atoms with Crippen LogP contribution in [0.2, 0.25) is 0 Å². The highest BCUT2D eigenvalue weighted by atomic mass is 19.1. The van der Waals surface area contributed by atoms with Crippen LogP contribution in [0.3, 0.4) is 0 Å². The molecule has 0 saturated carbocycles. The van der Waals surface area contributed by atoms with Gasteiger partial charge in [0.1, 0.15) is 17.3 Å². The van der Waals surface area contributed by atoms with Crippen LogP contribution in [0.25, 0.3) is 0 Å². The molecule has 230 valence electrons. The Kier molecular flexibility index (Phi) is 9.91. The molecule has 2 fully saturated rings. The van der Waals surface area contributed by atoms with Crippen LogP contribution in [-0.2, 0) is 0 Å². The lowest BCUT2D eigenvalue weighted by molar-refractivity contribution is -0.0338. The number of carboxylic acid groups (broad SMARTS) is 1. The fourth-order valence-electron chi connectivity index (χ4n) is 6.59. The Morgan fingerprint density at radius 2 is 1.83 bits per heavy atom. The van der Waals surface area contributed by atoms with Crippen LogP contribution in [-0.4, -0.2) is 88.0 Å². The number of hydrogen-bond donors (Lipinski definition) is 2. The Hall–Kier alpha value is -3.47. The normalized spacial score (nSPS) is 17.1. The third kappa shape index (κ3) is 7.11. The van der Waals surface area contributed by atoms with Crippen LogP contribution in [0.5, 0.6) is 11.6 Å². The lowest BCUT2D eigenvalue weighted by Gasteiger charge is -2.53. The molecule has 11 heteroatoms. The summed E-state index contributed by atoms with van der Waals surface area (Å²) in [6.45, 7) is 16.3. The van der Waals surface area contributed by atoms with E-state index in [4.69, 9.17) is 9.84 Å². The number of amides is 2. The maximum absolute atomic E-state index is 14.3. The molecule has 1 unspecified atom stereocenters. The van der Waals surface area contributed by atoms with Crippen molar-refractivity contribution in [2.45, 2.75) is 78.9 Å². The molecule has 4 rings (SSSR count). The molecule has 1 aromatic carbocycles. The molecule has 0 bridgehead atoms. The summed E-state index contributed by atoms with van der Waals surface area (Å²) in [7, 11) is 0. The van der Waals surface area contributed by atoms with Gasteiger partial charge in [-0.2, -0.15) is 5.10 Å². The molecule has 1 atom stereocenters. The zero-order valence-electron chi connectivity index (χ0n) is 25.6. The van der Waals surface area contributed by atoms with Crippen LogP contribution in [0.4, 0.5) is 14.9 Å². The number of benzene rings is 1. The van der Waals surface area contributed by atoms with Crippen LogP contribution >= 0.6 is 0 Å². The van der Waals surface area contributed by atoms with E-state index in [1.165, 1.54) is 18.2 Å². The predicted octanol–water partition coefficient (Wildman–Crippen LogP) is 5.25. The van der Waals surface area contributed by atoms with Gasteiger partial charge >= 0.3 is 6.09 Å². The Morgan fingerprint density at radius 1 is 1.12 bits per heavy atom. The number of aromatic nitrogens is 2. The topological polar surface area (TPSA) is 111 Å². The fraction of sp³-hybridized carbons (Fsp3) is 0.613. The van der Waals surface area contributed by atoms with Gasteiger partial charge in [0.15, 0.2) is 0 Å². The third-order valence-corrected chi connectivity index (χ3v) is 8.44. The van der Waals surface area contributed by atoms with Crippen molar-refractivity contribution in [3.05, 3.63) is 41.8 Å². The van der Waals surface area contributed by atoms with Gasteiger partial charge in [0, 0.05) is 56.3 Å². The largest absolute Gasteiger partial charge is 0.465 e. The number of likely N-dealkylation sites (tertiary alicyclic amines) is 1. The van der Waals surface area contributed by atoms with Gasteiger partial charge in [0.2, 0.25) is 0 Å². The Labute approximate surface area is 248 Å². The number of ether oxygens (including phenoxy) is 1. The second kappa shape index (κ2) is 13.2. The van der Waals surface area contributed by atoms with Crippen molar-refractivity contribution in [2.75, 3.05) is 37.6 Å². The summed E-state index contributed by atoms with van der Waals surface area (Å²) in [5.74, 6) is 0.205. The van der Waals surface area contributed by atoms with Crippen LogP contribution in [0.1, 0.15) is 71.2 Å². The molecule has 3 heterocycles. The summed E-state index contributed by atoms with van der Waals surface area (Å²) < 4.78 is 20.6. The Morgan fingerprint density at radius 3 is 2.48 bits per heavy atom. The molecule has 10 nitrogen and oxygen atoms in total. The van der Waals surface area contributed by atoms with E-state index in [0.717, 1.165) is 51.1 Å². The zero-order valence-corrected chi connectivity index (χ0v) is 25.6. The number of hydrogen-bond acceptors (Lipinski definition) is 7. The highest BCUT2D eigenvalue weighted by Crippen LogP contribution is 2.45. The Balaban J connectivity index is 1.46. The first-order valence-corrected chi connectivity index (χ1v) is 15.0. The first kappa shape index (κ1) is 31.5. The number of carbonyl (C=O) groups is 2. The quantitative estimate of drug-likeness (QED) is 0.326. The summed E-state index contributed by atoms with van der Waals surface area (Å²) >= 11 is 0. The lowest BCUT2D eigenvalue weighted by Crippen LogP contribution is -2.62. The lowest BCUT2D eigenvalue weighted by atomic mass is 9.76. The first-order valence-electron chi connectivity index (χ1n) is 15.0. The van der Waals surface area contributed by atoms with E-state index < -0.39 is 11.9 Å². The molecular formula is C31H45FN6O4. The molecule has 1 spiro atoms. The summed E-state index contributed by atoms with van der Waals surface area (Å²) in [6, 6.07) is 6.14. The van der Waals surface area contributed by atoms with E-state index in [9.17, 15) is 14.0 Å². The van der Waals surface area contributed by atoms with Gasteiger partial charge in [-0.3, -0.25) is 9.69 Å². The van der Waals surface area contributed by atoms with Crippen molar-refractivity contribution >= 4 is 17.7 Å². The minimum Gasteiger partial charge on any atom is -0.465 e. The maximum Gasteiger partial charge on any atom is 0.404 e. The van der Waals surface area contributed by atoms with E-state index in [2.05, 4.69) is 39.2 Å². The molecular weight excluding hydrogens is 539 g/mol. The number of carbonyl (C=O) groups excluding carboxylic acids is 1. The van der Waals surface area contributed by atoms with Gasteiger partial charge in [0.25, 0.3) is 11.8 Å². The molecule has 0 radical (unpaired) electrons. The summed E-state index contributed by atoms with van der Waals surface area (Å²) in [4.78, 5) is 30.8. The summed E-state index contributed by atoms with van der Waals surface area (Å²) in [6.07, 6.45) is 3.46. The number of nitrogens with zero attached hydrogens (tertiary/aromatic N) is 5. The van der Waals surface area contributed by atoms with Gasteiger partial charge in [-0.25, -0.2) is 9.18 Å². The highest BCUT2D eigenvalue weighted by molar-refractivity contribution is 5.97. The van der Waals surface area contributed by atoms with E-state index in [1.54, 1.807) is 11.1 Å². The molecule has 2 aliphatic rings. The summed E-state index contributed by atoms with van der Waals surface area (Å²) in [5.41, 5.74) is 1.12. The minimum atomic E-state index is -0.977. The van der Waals surface area contributed by atoms with E-state index in [-0.39, 0.29) is 40.6 Å². The van der Waals surface area contributed by atoms with Crippen molar-refractivity contribution in [1.29, 1.82) is 0 Å².